The van der Waals surface area contributed by atoms with Crippen LogP contribution in [0.2, 0.25) is 0 Å². The first-order valence-electron chi connectivity index (χ1n) is 6.19. The van der Waals surface area contributed by atoms with Crippen molar-refractivity contribution in [1.29, 1.82) is 0 Å². The number of aryl methyl sites for hydroxylation is 2. The number of hydrogen-bond acceptors (Lipinski definition) is 3. The van der Waals surface area contributed by atoms with Crippen LogP contribution in [-0.2, 0) is 19.9 Å². The lowest BCUT2D eigenvalue weighted by molar-refractivity contribution is 0.561. The highest BCUT2D eigenvalue weighted by atomic mass is 79.9. The van der Waals surface area contributed by atoms with Crippen LogP contribution >= 0.6 is 43.2 Å². The molecule has 2 aromatic rings. The van der Waals surface area contributed by atoms with E-state index in [0.29, 0.717) is 0 Å². The molecule has 1 atom stereocenters. The van der Waals surface area contributed by atoms with E-state index in [4.69, 9.17) is 0 Å². The lowest BCUT2D eigenvalue weighted by atomic mass is 10.1. The summed E-state index contributed by atoms with van der Waals surface area (Å²) in [7, 11) is 4.01. The Hall–Kier alpha value is -0.170. The summed E-state index contributed by atoms with van der Waals surface area (Å²) in [6.45, 7) is 2.13. The van der Waals surface area contributed by atoms with Crippen LogP contribution in [0.5, 0.6) is 0 Å². The predicted octanol–water partition coefficient (Wildman–Crippen LogP) is 4.07. The molecule has 0 spiro atoms. The van der Waals surface area contributed by atoms with Gasteiger partial charge < -0.3 is 5.32 Å². The number of nitrogens with zero attached hydrogens (tertiary/aromatic N) is 2. The van der Waals surface area contributed by atoms with Crippen LogP contribution < -0.4 is 5.32 Å². The summed E-state index contributed by atoms with van der Waals surface area (Å²) in [5.74, 6) is 0. The van der Waals surface area contributed by atoms with Crippen LogP contribution in [0.1, 0.15) is 29.9 Å². The van der Waals surface area contributed by atoms with E-state index in [1.165, 1.54) is 15.0 Å². The molecule has 2 heterocycles. The third-order valence-corrected chi connectivity index (χ3v) is 5.60. The minimum Gasteiger partial charge on any atom is -0.313 e. The first kappa shape index (κ1) is 15.2. The smallest absolute Gasteiger partial charge is 0.0758 e. The Balaban J connectivity index is 2.23. The molecule has 0 aliphatic heterocycles. The average molecular weight is 407 g/mol. The highest BCUT2D eigenvalue weighted by molar-refractivity contribution is 9.12. The topological polar surface area (TPSA) is 29.9 Å². The van der Waals surface area contributed by atoms with Crippen LogP contribution in [0.3, 0.4) is 0 Å². The zero-order valence-corrected chi connectivity index (χ0v) is 15.2. The Kier molecular flexibility index (Phi) is 5.22. The summed E-state index contributed by atoms with van der Waals surface area (Å²) < 4.78 is 4.31. The van der Waals surface area contributed by atoms with E-state index in [1.807, 2.05) is 18.8 Å². The van der Waals surface area contributed by atoms with Gasteiger partial charge in [0.15, 0.2) is 0 Å². The molecule has 0 fully saturated rings. The maximum absolute atomic E-state index is 4.51. The maximum atomic E-state index is 4.51. The van der Waals surface area contributed by atoms with Crippen molar-refractivity contribution >= 4 is 43.2 Å². The van der Waals surface area contributed by atoms with Crippen LogP contribution in [0.15, 0.2) is 19.7 Å². The number of halogens is 2. The van der Waals surface area contributed by atoms with E-state index in [1.54, 1.807) is 11.3 Å². The molecular formula is C13H17Br2N3S. The molecule has 0 radical (unpaired) electrons. The van der Waals surface area contributed by atoms with E-state index < -0.39 is 0 Å². The summed E-state index contributed by atoms with van der Waals surface area (Å²) >= 11 is 8.88. The summed E-state index contributed by atoms with van der Waals surface area (Å²) in [4.78, 5) is 0. The van der Waals surface area contributed by atoms with E-state index >= 15 is 0 Å². The molecule has 0 aromatic carbocycles. The van der Waals surface area contributed by atoms with Gasteiger partial charge in [-0.2, -0.15) is 5.10 Å². The molecule has 2 aromatic heterocycles. The van der Waals surface area contributed by atoms with Gasteiger partial charge in [-0.1, -0.05) is 6.92 Å². The lowest BCUT2D eigenvalue weighted by Gasteiger charge is -2.15. The number of likely N-dealkylation sites (N-methyl/N-ethyl adjacent to an activating group) is 1. The van der Waals surface area contributed by atoms with Gasteiger partial charge >= 0.3 is 0 Å². The normalized spacial score (nSPS) is 12.9. The van der Waals surface area contributed by atoms with Gasteiger partial charge in [-0.3, -0.25) is 4.68 Å². The standard InChI is InChI=1S/C13H17Br2N3S/c1-4-8-5-9(18(3)17-8)6-11(16-2)10-7-12(14)19-13(10)15/h5,7,11,16H,4,6H2,1-3H3. The fraction of sp³-hybridized carbons (Fsp3) is 0.462. The molecule has 0 saturated heterocycles. The van der Waals surface area contributed by atoms with Crippen molar-refractivity contribution in [1.82, 2.24) is 15.1 Å². The van der Waals surface area contributed by atoms with Crippen LogP contribution in [0.4, 0.5) is 0 Å². The Morgan fingerprint density at radius 2 is 2.16 bits per heavy atom. The number of thiophene rings is 1. The van der Waals surface area contributed by atoms with Gasteiger partial charge in [-0.25, -0.2) is 0 Å². The van der Waals surface area contributed by atoms with Gasteiger partial charge in [0.25, 0.3) is 0 Å². The average Bonchev–Trinajstić information content (AvgIpc) is 2.89. The summed E-state index contributed by atoms with van der Waals surface area (Å²) in [6, 6.07) is 4.66. The molecule has 1 N–H and O–H groups in total. The van der Waals surface area contributed by atoms with Gasteiger partial charge in [0.2, 0.25) is 0 Å². The molecule has 0 aliphatic rings. The first-order valence-corrected chi connectivity index (χ1v) is 8.59. The van der Waals surface area contributed by atoms with Crippen molar-refractivity contribution in [2.24, 2.45) is 7.05 Å². The SMILES string of the molecule is CCc1cc(CC(NC)c2cc(Br)sc2Br)n(C)n1. The Morgan fingerprint density at radius 1 is 1.42 bits per heavy atom. The molecule has 2 rings (SSSR count). The van der Waals surface area contributed by atoms with E-state index in [-0.39, 0.29) is 6.04 Å². The number of rotatable bonds is 5. The van der Waals surface area contributed by atoms with Crippen LogP contribution in [0, 0.1) is 0 Å². The molecule has 104 valence electrons. The summed E-state index contributed by atoms with van der Waals surface area (Å²) in [6.07, 6.45) is 1.91. The van der Waals surface area contributed by atoms with E-state index in [2.05, 4.69) is 61.3 Å². The Labute approximate surface area is 134 Å². The summed E-state index contributed by atoms with van der Waals surface area (Å²) in [5, 5.41) is 7.90. The highest BCUT2D eigenvalue weighted by Crippen LogP contribution is 2.36. The Bertz CT molecular complexity index is 562. The molecule has 0 bridgehead atoms. The largest absolute Gasteiger partial charge is 0.313 e. The van der Waals surface area contributed by atoms with E-state index in [0.717, 1.165) is 22.3 Å². The molecule has 0 saturated carbocycles. The fourth-order valence-electron chi connectivity index (χ4n) is 2.10. The van der Waals surface area contributed by atoms with Crippen molar-refractivity contribution in [2.45, 2.75) is 25.8 Å². The van der Waals surface area contributed by atoms with Crippen molar-refractivity contribution in [2.75, 3.05) is 7.05 Å². The number of aromatic nitrogens is 2. The highest BCUT2D eigenvalue weighted by Gasteiger charge is 2.18. The molecule has 6 heteroatoms. The van der Waals surface area contributed by atoms with Crippen molar-refractivity contribution < 1.29 is 0 Å². The fourth-order valence-corrected chi connectivity index (χ4v) is 5.08. The molecule has 19 heavy (non-hydrogen) atoms. The molecule has 3 nitrogen and oxygen atoms in total. The van der Waals surface area contributed by atoms with E-state index in [9.17, 15) is 0 Å². The second-order valence-corrected chi connectivity index (χ2v) is 8.18. The second kappa shape index (κ2) is 6.52. The zero-order valence-electron chi connectivity index (χ0n) is 11.2. The van der Waals surface area contributed by atoms with Gasteiger partial charge in [-0.05, 0) is 63.0 Å². The third-order valence-electron chi connectivity index (χ3n) is 3.21. The molecule has 0 aliphatic carbocycles. The molecule has 1 unspecified atom stereocenters. The molecule has 0 amide bonds. The van der Waals surface area contributed by atoms with Crippen molar-refractivity contribution in [3.63, 3.8) is 0 Å². The van der Waals surface area contributed by atoms with Gasteiger partial charge in [0, 0.05) is 25.2 Å². The monoisotopic (exact) mass is 405 g/mol. The van der Waals surface area contributed by atoms with Gasteiger partial charge in [0.05, 0.1) is 13.3 Å². The lowest BCUT2D eigenvalue weighted by Crippen LogP contribution is -2.20. The number of nitrogens with one attached hydrogen (secondary N) is 1. The summed E-state index contributed by atoms with van der Waals surface area (Å²) in [5.41, 5.74) is 3.70. The zero-order chi connectivity index (χ0) is 14.0. The minimum absolute atomic E-state index is 0.289. The minimum atomic E-state index is 0.289. The van der Waals surface area contributed by atoms with Crippen molar-refractivity contribution in [3.05, 3.63) is 36.7 Å². The van der Waals surface area contributed by atoms with Crippen molar-refractivity contribution in [3.8, 4) is 0 Å². The van der Waals surface area contributed by atoms with Crippen LogP contribution in [-0.4, -0.2) is 16.8 Å². The van der Waals surface area contributed by atoms with Gasteiger partial charge in [0.1, 0.15) is 0 Å². The van der Waals surface area contributed by atoms with Crippen LogP contribution in [0.25, 0.3) is 0 Å². The Morgan fingerprint density at radius 3 is 2.63 bits per heavy atom. The number of hydrogen-bond donors (Lipinski definition) is 1. The maximum Gasteiger partial charge on any atom is 0.0758 e. The third kappa shape index (κ3) is 3.48. The van der Waals surface area contributed by atoms with Gasteiger partial charge in [-0.15, -0.1) is 11.3 Å². The quantitative estimate of drug-likeness (QED) is 0.810. The molecular weight excluding hydrogens is 390 g/mol. The second-order valence-electron chi connectivity index (χ2n) is 4.43. The first-order chi connectivity index (χ1) is 9.05. The predicted molar refractivity (Wildman–Crippen MR) is 87.8 cm³/mol.